The minimum atomic E-state index is -5.23. The Labute approximate surface area is 54.2 Å². The van der Waals surface area contributed by atoms with Crippen molar-refractivity contribution in [3.05, 3.63) is 0 Å². The molecule has 0 aromatic rings. The van der Waals surface area contributed by atoms with Gasteiger partial charge in [-0.25, -0.2) is 9.18 Å². The summed E-state index contributed by atoms with van der Waals surface area (Å²) in [5.41, 5.74) is -3.38. The number of carboxylic acid groups (broad SMARTS) is 1. The van der Waals surface area contributed by atoms with Crippen molar-refractivity contribution in [1.82, 2.24) is 0 Å². The molecule has 10 heavy (non-hydrogen) atoms. The highest BCUT2D eigenvalue weighted by molar-refractivity contribution is 7.87. The number of carbonyl (C=O) groups is 1. The molecule has 0 saturated heterocycles. The largest absolute Gasteiger partial charge is 0.478 e. The van der Waals surface area contributed by atoms with Gasteiger partial charge in [-0.3, -0.25) is 0 Å². The van der Waals surface area contributed by atoms with Crippen molar-refractivity contribution >= 4 is 16.1 Å². The summed E-state index contributed by atoms with van der Waals surface area (Å²) in [6.45, 7) is 0. The Bertz CT molecular complexity index is 220. The van der Waals surface area contributed by atoms with Gasteiger partial charge < -0.3 is 5.11 Å². The fourth-order valence-corrected chi connectivity index (χ4v) is 0.466. The van der Waals surface area contributed by atoms with Crippen molar-refractivity contribution < 1.29 is 31.6 Å². The SMILES string of the molecule is O=C(O)C(F)S(=O)(=O)OF. The van der Waals surface area contributed by atoms with E-state index in [9.17, 15) is 22.1 Å². The number of hydrogen-bond acceptors (Lipinski definition) is 4. The van der Waals surface area contributed by atoms with E-state index in [1.165, 1.54) is 0 Å². The highest BCUT2D eigenvalue weighted by atomic mass is 32.2. The third-order valence-electron chi connectivity index (χ3n) is 0.535. The first-order valence-electron chi connectivity index (χ1n) is 1.82. The lowest BCUT2D eigenvalue weighted by Crippen LogP contribution is -2.25. The number of carboxylic acids is 1. The number of alkyl halides is 1. The summed E-state index contributed by atoms with van der Waals surface area (Å²) in [5, 5.41) is 7.65. The van der Waals surface area contributed by atoms with Crippen molar-refractivity contribution in [3.63, 3.8) is 0 Å². The molecule has 0 aliphatic heterocycles. The van der Waals surface area contributed by atoms with Crippen LogP contribution in [0.2, 0.25) is 0 Å². The standard InChI is InChI=1S/C2H2F2O5S/c3-1(2(5)6)10(7,8)9-4/h1H,(H,5,6). The number of halogens is 2. The van der Waals surface area contributed by atoms with E-state index >= 15 is 0 Å². The zero-order chi connectivity index (χ0) is 8.36. The van der Waals surface area contributed by atoms with E-state index in [0.717, 1.165) is 0 Å². The summed E-state index contributed by atoms with van der Waals surface area (Å²) in [7, 11) is -5.23. The zero-order valence-corrected chi connectivity index (χ0v) is 5.14. The van der Waals surface area contributed by atoms with Crippen LogP contribution in [-0.2, 0) is 19.3 Å². The molecule has 0 fully saturated rings. The topological polar surface area (TPSA) is 80.7 Å². The van der Waals surface area contributed by atoms with Crippen LogP contribution < -0.4 is 0 Å². The average molecular weight is 176 g/mol. The normalized spacial score (nSPS) is 14.6. The Balaban J connectivity index is 4.51. The van der Waals surface area contributed by atoms with E-state index in [-0.39, 0.29) is 0 Å². The Morgan fingerprint density at radius 1 is 1.60 bits per heavy atom. The first kappa shape index (κ1) is 9.24. The molecule has 0 rings (SSSR count). The van der Waals surface area contributed by atoms with Gasteiger partial charge in [0.25, 0.3) is 0 Å². The Kier molecular flexibility index (Phi) is 2.66. The molecular formula is C2H2F2O5S. The molecule has 5 nitrogen and oxygen atoms in total. The third-order valence-corrected chi connectivity index (χ3v) is 1.42. The first-order chi connectivity index (χ1) is 4.41. The molecule has 0 amide bonds. The van der Waals surface area contributed by atoms with Crippen LogP contribution in [0.3, 0.4) is 0 Å². The van der Waals surface area contributed by atoms with Gasteiger partial charge in [0.15, 0.2) is 0 Å². The minimum absolute atomic E-state index is 2.08. The molecule has 0 aliphatic carbocycles. The van der Waals surface area contributed by atoms with Crippen molar-refractivity contribution in [2.75, 3.05) is 0 Å². The van der Waals surface area contributed by atoms with Gasteiger partial charge in [0.05, 0.1) is 0 Å². The molecule has 0 saturated carbocycles. The number of hydrogen-bond donors (Lipinski definition) is 1. The lowest BCUT2D eigenvalue weighted by molar-refractivity contribution is -0.140. The van der Waals surface area contributed by atoms with Gasteiger partial charge in [0.2, 0.25) is 0 Å². The zero-order valence-electron chi connectivity index (χ0n) is 4.32. The third kappa shape index (κ3) is 1.88. The van der Waals surface area contributed by atoms with E-state index in [0.29, 0.717) is 0 Å². The fourth-order valence-electron chi connectivity index (χ4n) is 0.155. The van der Waals surface area contributed by atoms with Crippen LogP contribution in [0.25, 0.3) is 0 Å². The van der Waals surface area contributed by atoms with Gasteiger partial charge in [-0.2, -0.15) is 8.42 Å². The number of rotatable bonds is 3. The second kappa shape index (κ2) is 2.88. The molecule has 0 bridgehead atoms. The van der Waals surface area contributed by atoms with Crippen molar-refractivity contribution in [3.8, 4) is 0 Å². The van der Waals surface area contributed by atoms with Crippen molar-refractivity contribution in [2.24, 2.45) is 0 Å². The predicted octanol–water partition coefficient (Wildman–Crippen LogP) is -0.403. The van der Waals surface area contributed by atoms with Crippen LogP contribution in [0.5, 0.6) is 0 Å². The molecule has 0 spiro atoms. The minimum Gasteiger partial charge on any atom is -0.478 e. The van der Waals surface area contributed by atoms with Gasteiger partial charge >= 0.3 is 21.6 Å². The molecule has 0 radical (unpaired) electrons. The fraction of sp³-hybridized carbons (Fsp3) is 0.500. The maximum Gasteiger partial charge on any atom is 0.357 e. The average Bonchev–Trinajstić information content (AvgIpc) is 1.86. The van der Waals surface area contributed by atoms with E-state index in [2.05, 4.69) is 4.39 Å². The van der Waals surface area contributed by atoms with Crippen LogP contribution >= 0.6 is 0 Å². The molecule has 1 N–H and O–H groups in total. The molecule has 60 valence electrons. The molecular weight excluding hydrogens is 174 g/mol. The number of aliphatic carboxylic acids is 1. The first-order valence-corrected chi connectivity index (χ1v) is 3.30. The van der Waals surface area contributed by atoms with Gasteiger partial charge in [0, 0.05) is 0 Å². The Morgan fingerprint density at radius 2 is 2.00 bits per heavy atom. The van der Waals surface area contributed by atoms with Gasteiger partial charge in [-0.1, -0.05) is 4.39 Å². The van der Waals surface area contributed by atoms with E-state index in [1.54, 1.807) is 0 Å². The van der Waals surface area contributed by atoms with Crippen LogP contribution in [-0.4, -0.2) is 25.0 Å². The summed E-state index contributed by atoms with van der Waals surface area (Å²) in [5.74, 6) is -2.32. The molecule has 0 aromatic carbocycles. The lowest BCUT2D eigenvalue weighted by atomic mass is 10.8. The monoisotopic (exact) mass is 176 g/mol. The van der Waals surface area contributed by atoms with Gasteiger partial charge in [-0.05, 0) is 4.53 Å². The summed E-state index contributed by atoms with van der Waals surface area (Å²) in [6.07, 6.45) is 0. The summed E-state index contributed by atoms with van der Waals surface area (Å²) < 4.78 is 44.2. The van der Waals surface area contributed by atoms with Gasteiger partial charge in [-0.15, -0.1) is 0 Å². The van der Waals surface area contributed by atoms with Crippen LogP contribution in [0.4, 0.5) is 8.92 Å². The molecule has 8 heteroatoms. The summed E-state index contributed by atoms with van der Waals surface area (Å²) >= 11 is 0. The predicted molar refractivity (Wildman–Crippen MR) is 23.6 cm³/mol. The van der Waals surface area contributed by atoms with E-state index in [4.69, 9.17) is 5.11 Å². The molecule has 0 aromatic heterocycles. The summed E-state index contributed by atoms with van der Waals surface area (Å²) in [6, 6.07) is 0. The Hall–Kier alpha value is -0.760. The van der Waals surface area contributed by atoms with Crippen LogP contribution in [0.1, 0.15) is 0 Å². The quantitative estimate of drug-likeness (QED) is 0.632. The second-order valence-electron chi connectivity index (χ2n) is 1.21. The highest BCUT2D eigenvalue weighted by Gasteiger charge is 2.34. The highest BCUT2D eigenvalue weighted by Crippen LogP contribution is 2.05. The molecule has 0 aliphatic rings. The van der Waals surface area contributed by atoms with Crippen molar-refractivity contribution in [1.29, 1.82) is 0 Å². The van der Waals surface area contributed by atoms with E-state index in [1.807, 2.05) is 0 Å². The Morgan fingerprint density at radius 3 is 2.10 bits per heavy atom. The van der Waals surface area contributed by atoms with Gasteiger partial charge in [0.1, 0.15) is 0 Å². The molecule has 0 heterocycles. The summed E-state index contributed by atoms with van der Waals surface area (Å²) in [4.78, 5) is 9.50. The molecule has 1 unspecified atom stereocenters. The molecule has 1 atom stereocenters. The second-order valence-corrected chi connectivity index (χ2v) is 2.74. The maximum absolute atomic E-state index is 11.8. The smallest absolute Gasteiger partial charge is 0.357 e. The lowest BCUT2D eigenvalue weighted by Gasteiger charge is -1.96. The van der Waals surface area contributed by atoms with Crippen LogP contribution in [0.15, 0.2) is 0 Å². The van der Waals surface area contributed by atoms with Crippen LogP contribution in [0, 0.1) is 0 Å². The van der Waals surface area contributed by atoms with E-state index < -0.39 is 21.6 Å². The van der Waals surface area contributed by atoms with Crippen molar-refractivity contribution in [2.45, 2.75) is 5.50 Å². The maximum atomic E-state index is 11.8.